The first-order valence-electron chi connectivity index (χ1n) is 11.3. The Labute approximate surface area is 216 Å². The van der Waals surface area contributed by atoms with E-state index in [9.17, 15) is 14.4 Å². The maximum Gasteiger partial charge on any atom is 0.269 e. The van der Waals surface area contributed by atoms with Crippen LogP contribution in [0.2, 0.25) is 0 Å². The zero-order chi connectivity index (χ0) is 26.1. The zero-order valence-corrected chi connectivity index (χ0v) is 21.1. The van der Waals surface area contributed by atoms with Crippen LogP contribution in [0.5, 0.6) is 0 Å². The van der Waals surface area contributed by atoms with Gasteiger partial charge < -0.3 is 5.32 Å². The molecule has 3 aromatic carbocycles. The van der Waals surface area contributed by atoms with Crippen molar-refractivity contribution >= 4 is 46.8 Å². The molecule has 0 aliphatic carbocycles. The van der Waals surface area contributed by atoms with Crippen LogP contribution in [0.4, 0.5) is 5.69 Å². The Morgan fingerprint density at radius 1 is 0.750 bits per heavy atom. The smallest absolute Gasteiger partial charge is 0.269 e. The average molecular weight is 501 g/mol. The van der Waals surface area contributed by atoms with E-state index in [0.29, 0.717) is 16.8 Å². The van der Waals surface area contributed by atoms with Crippen LogP contribution < -0.4 is 21.5 Å². The number of benzene rings is 3. The molecule has 4 N–H and O–H groups in total. The summed E-state index contributed by atoms with van der Waals surface area (Å²) in [5.74, 6) is -1.13. The Morgan fingerprint density at radius 3 is 1.94 bits per heavy atom. The van der Waals surface area contributed by atoms with Crippen molar-refractivity contribution in [3.63, 3.8) is 0 Å². The van der Waals surface area contributed by atoms with E-state index in [-0.39, 0.29) is 16.4 Å². The number of hydrazine groups is 1. The largest absolute Gasteiger partial charge is 0.322 e. The van der Waals surface area contributed by atoms with Gasteiger partial charge in [0.05, 0.1) is 0 Å². The van der Waals surface area contributed by atoms with Crippen LogP contribution in [-0.4, -0.2) is 22.8 Å². The molecule has 0 heterocycles. The predicted molar refractivity (Wildman–Crippen MR) is 146 cm³/mol. The van der Waals surface area contributed by atoms with Gasteiger partial charge in [0.1, 0.15) is 0 Å². The molecule has 0 saturated heterocycles. The Morgan fingerprint density at radius 2 is 1.33 bits per heavy atom. The number of carbonyl (C=O) groups is 3. The second-order valence-corrected chi connectivity index (χ2v) is 9.41. The minimum Gasteiger partial charge on any atom is -0.322 e. The van der Waals surface area contributed by atoms with Gasteiger partial charge in [-0.05, 0) is 71.2 Å². The van der Waals surface area contributed by atoms with Crippen LogP contribution in [0.15, 0.2) is 84.9 Å². The van der Waals surface area contributed by atoms with Gasteiger partial charge in [-0.2, -0.15) is 0 Å². The fraction of sp³-hybridized carbons (Fsp3) is 0.143. The number of carbonyl (C=O) groups excluding carboxylic acids is 3. The Bertz CT molecular complexity index is 1260. The van der Waals surface area contributed by atoms with Crippen molar-refractivity contribution in [2.45, 2.75) is 26.2 Å². The second kappa shape index (κ2) is 11.9. The van der Waals surface area contributed by atoms with Crippen molar-refractivity contribution < 1.29 is 14.4 Å². The molecule has 7 nitrogen and oxygen atoms in total. The Kier molecular flexibility index (Phi) is 8.70. The van der Waals surface area contributed by atoms with E-state index in [0.717, 1.165) is 11.1 Å². The summed E-state index contributed by atoms with van der Waals surface area (Å²) in [5.41, 5.74) is 8.38. The normalized spacial score (nSPS) is 11.0. The number of anilines is 1. The van der Waals surface area contributed by atoms with E-state index < -0.39 is 11.8 Å². The summed E-state index contributed by atoms with van der Waals surface area (Å²) in [6, 6.07) is 23.2. The summed E-state index contributed by atoms with van der Waals surface area (Å²) in [6.45, 7) is 6.34. The molecule has 3 amide bonds. The fourth-order valence-corrected chi connectivity index (χ4v) is 3.29. The lowest BCUT2D eigenvalue weighted by molar-refractivity contribution is -0.115. The van der Waals surface area contributed by atoms with Gasteiger partial charge in [0, 0.05) is 22.9 Å². The molecule has 0 aromatic heterocycles. The van der Waals surface area contributed by atoms with Crippen LogP contribution in [0.1, 0.15) is 52.6 Å². The highest BCUT2D eigenvalue weighted by molar-refractivity contribution is 7.80. The van der Waals surface area contributed by atoms with Crippen molar-refractivity contribution in [1.82, 2.24) is 16.2 Å². The average Bonchev–Trinajstić information content (AvgIpc) is 2.86. The van der Waals surface area contributed by atoms with Crippen LogP contribution in [0, 0.1) is 0 Å². The third kappa shape index (κ3) is 7.89. The summed E-state index contributed by atoms with van der Waals surface area (Å²) in [7, 11) is 0. The molecule has 0 aliphatic heterocycles. The summed E-state index contributed by atoms with van der Waals surface area (Å²) in [5, 5.41) is 5.22. The molecule has 0 unspecified atom stereocenters. The second-order valence-electron chi connectivity index (χ2n) is 9.00. The maximum atomic E-state index is 12.5. The molecule has 0 aliphatic rings. The summed E-state index contributed by atoms with van der Waals surface area (Å²) in [6.07, 6.45) is 2.99. The molecule has 0 radical (unpaired) electrons. The molecule has 184 valence electrons. The minimum atomic E-state index is -0.456. The van der Waals surface area contributed by atoms with Gasteiger partial charge in [0.25, 0.3) is 11.8 Å². The molecule has 3 aromatic rings. The lowest BCUT2D eigenvalue weighted by Gasteiger charge is -2.19. The third-order valence-electron chi connectivity index (χ3n) is 5.17. The standard InChI is InChI=1S/C28H28N4O3S/c1-28(2,3)22-14-10-20(11-15-22)25(34)29-23-16-12-21(13-17-23)26(35)31-32-27(36)30-24(33)18-9-19-7-5-4-6-8-19/h4-18H,1-3H3,(H,29,34)(H,31,35)(H2,30,32,33,36)/b18-9+. The number of hydrogen-bond donors (Lipinski definition) is 4. The van der Waals surface area contributed by atoms with Crippen LogP contribution >= 0.6 is 12.2 Å². The highest BCUT2D eigenvalue weighted by atomic mass is 32.1. The molecular weight excluding hydrogens is 472 g/mol. The quantitative estimate of drug-likeness (QED) is 0.233. The topological polar surface area (TPSA) is 99.3 Å². The van der Waals surface area contributed by atoms with E-state index in [2.05, 4.69) is 42.3 Å². The monoisotopic (exact) mass is 500 g/mol. The number of thiocarbonyl (C=S) groups is 1. The van der Waals surface area contributed by atoms with Gasteiger partial charge in [-0.3, -0.25) is 30.6 Å². The minimum absolute atomic E-state index is 0.00894. The zero-order valence-electron chi connectivity index (χ0n) is 20.3. The molecule has 0 fully saturated rings. The maximum absolute atomic E-state index is 12.5. The van der Waals surface area contributed by atoms with Crippen molar-refractivity contribution in [1.29, 1.82) is 0 Å². The van der Waals surface area contributed by atoms with E-state index >= 15 is 0 Å². The Hall–Kier alpha value is -4.30. The molecule has 3 rings (SSSR count). The van der Waals surface area contributed by atoms with Crippen molar-refractivity contribution in [2.75, 3.05) is 5.32 Å². The highest BCUT2D eigenvalue weighted by Gasteiger charge is 2.14. The van der Waals surface area contributed by atoms with Crippen LogP contribution in [0.25, 0.3) is 6.08 Å². The van der Waals surface area contributed by atoms with Crippen molar-refractivity contribution in [3.8, 4) is 0 Å². The van der Waals surface area contributed by atoms with Gasteiger partial charge in [-0.15, -0.1) is 0 Å². The van der Waals surface area contributed by atoms with Gasteiger partial charge in [0.2, 0.25) is 5.91 Å². The lowest BCUT2D eigenvalue weighted by Crippen LogP contribution is -2.48. The SMILES string of the molecule is CC(C)(C)c1ccc(C(=O)Nc2ccc(C(=O)NNC(=S)NC(=O)/C=C/c3ccccc3)cc2)cc1. The predicted octanol–water partition coefficient (Wildman–Crippen LogP) is 4.59. The first-order chi connectivity index (χ1) is 17.1. The number of rotatable bonds is 5. The number of amides is 3. The first kappa shape index (κ1) is 26.3. The van der Waals surface area contributed by atoms with Gasteiger partial charge >= 0.3 is 0 Å². The summed E-state index contributed by atoms with van der Waals surface area (Å²) < 4.78 is 0. The first-order valence-corrected chi connectivity index (χ1v) is 11.7. The molecule has 8 heteroatoms. The van der Waals surface area contributed by atoms with Gasteiger partial charge in [0.15, 0.2) is 5.11 Å². The molecular formula is C28H28N4O3S. The summed E-state index contributed by atoms with van der Waals surface area (Å²) in [4.78, 5) is 36.9. The van der Waals surface area contributed by atoms with E-state index in [1.165, 1.54) is 6.08 Å². The summed E-state index contributed by atoms with van der Waals surface area (Å²) >= 11 is 5.03. The van der Waals surface area contributed by atoms with Crippen LogP contribution in [-0.2, 0) is 10.2 Å². The Balaban J connectivity index is 1.47. The molecule has 0 saturated carbocycles. The molecule has 0 atom stereocenters. The van der Waals surface area contributed by atoms with E-state index in [1.54, 1.807) is 42.5 Å². The number of nitrogens with one attached hydrogen (secondary N) is 4. The number of hydrogen-bond acceptors (Lipinski definition) is 4. The van der Waals surface area contributed by atoms with E-state index in [4.69, 9.17) is 12.2 Å². The van der Waals surface area contributed by atoms with Crippen molar-refractivity contribution in [3.05, 3.63) is 107 Å². The lowest BCUT2D eigenvalue weighted by atomic mass is 9.87. The third-order valence-corrected chi connectivity index (χ3v) is 5.38. The van der Waals surface area contributed by atoms with Gasteiger partial charge in [-0.1, -0.05) is 63.2 Å². The molecule has 0 spiro atoms. The van der Waals surface area contributed by atoms with Gasteiger partial charge in [-0.25, -0.2) is 0 Å². The van der Waals surface area contributed by atoms with E-state index in [1.807, 2.05) is 42.5 Å². The van der Waals surface area contributed by atoms with Crippen molar-refractivity contribution in [2.24, 2.45) is 0 Å². The highest BCUT2D eigenvalue weighted by Crippen LogP contribution is 2.22. The van der Waals surface area contributed by atoms with Crippen LogP contribution in [0.3, 0.4) is 0 Å². The molecule has 0 bridgehead atoms. The molecule has 36 heavy (non-hydrogen) atoms. The fourth-order valence-electron chi connectivity index (χ4n) is 3.14.